The van der Waals surface area contributed by atoms with Crippen LogP contribution in [0.25, 0.3) is 0 Å². The molecule has 0 saturated heterocycles. The highest BCUT2D eigenvalue weighted by atomic mass is 16.4. The van der Waals surface area contributed by atoms with Crippen molar-refractivity contribution in [2.75, 3.05) is 7.05 Å². The number of carboxylic acids is 1. The van der Waals surface area contributed by atoms with Gasteiger partial charge in [-0.25, -0.2) is 4.79 Å². The minimum Gasteiger partial charge on any atom is -0.481 e. The van der Waals surface area contributed by atoms with E-state index in [4.69, 9.17) is 5.11 Å². The van der Waals surface area contributed by atoms with Gasteiger partial charge in [-0.05, 0) is 39.2 Å². The maximum atomic E-state index is 12.4. The van der Waals surface area contributed by atoms with E-state index in [0.29, 0.717) is 12.0 Å². The van der Waals surface area contributed by atoms with E-state index in [1.54, 1.807) is 17.7 Å². The van der Waals surface area contributed by atoms with E-state index < -0.39 is 5.97 Å². The smallest absolute Gasteiger partial charge is 0.331 e. The molecule has 7 heteroatoms. The largest absolute Gasteiger partial charge is 0.481 e. The molecule has 22 heavy (non-hydrogen) atoms. The minimum absolute atomic E-state index is 0.0210. The van der Waals surface area contributed by atoms with Gasteiger partial charge < -0.3 is 10.4 Å². The molecule has 2 N–H and O–H groups in total. The Morgan fingerprint density at radius 2 is 2.09 bits per heavy atom. The lowest BCUT2D eigenvalue weighted by molar-refractivity contribution is -0.138. The normalized spacial score (nSPS) is 25.1. The third-order valence-electron chi connectivity index (χ3n) is 4.60. The van der Waals surface area contributed by atoms with Crippen molar-refractivity contribution < 1.29 is 9.90 Å². The number of rotatable bonds is 4. The van der Waals surface area contributed by atoms with Gasteiger partial charge in [0.05, 0.1) is 6.04 Å². The molecule has 0 aromatic carbocycles. The average Bonchev–Trinajstić information content (AvgIpc) is 2.48. The number of aromatic nitrogens is 2. The molecule has 122 valence electrons. The van der Waals surface area contributed by atoms with Crippen LogP contribution in [0.15, 0.2) is 15.8 Å². The lowest BCUT2D eigenvalue weighted by Crippen LogP contribution is -2.47. The molecule has 0 amide bonds. The molecule has 1 heterocycles. The molecule has 0 spiro atoms. The highest BCUT2D eigenvalue weighted by molar-refractivity contribution is 5.67. The third-order valence-corrected chi connectivity index (χ3v) is 4.60. The fourth-order valence-corrected chi connectivity index (χ4v) is 3.40. The van der Waals surface area contributed by atoms with E-state index in [9.17, 15) is 14.4 Å². The Hall–Kier alpha value is -1.89. The molecule has 1 saturated carbocycles. The first kappa shape index (κ1) is 16.5. The van der Waals surface area contributed by atoms with Crippen LogP contribution in [0.3, 0.4) is 0 Å². The number of carboxylic acid groups (broad SMARTS) is 1. The Balaban J connectivity index is 2.32. The molecule has 0 aliphatic heterocycles. The predicted octanol–water partition coefficient (Wildman–Crippen LogP) is 0.259. The fourth-order valence-electron chi connectivity index (χ4n) is 3.40. The maximum absolute atomic E-state index is 12.4. The third kappa shape index (κ3) is 3.14. The van der Waals surface area contributed by atoms with E-state index in [0.717, 1.165) is 17.4 Å². The molecule has 1 aromatic heterocycles. The number of aliphatic carboxylic acids is 1. The van der Waals surface area contributed by atoms with Gasteiger partial charge in [-0.1, -0.05) is 0 Å². The number of aryl methyl sites for hydroxylation is 1. The quantitative estimate of drug-likeness (QED) is 0.832. The van der Waals surface area contributed by atoms with E-state index in [1.807, 2.05) is 7.05 Å². The summed E-state index contributed by atoms with van der Waals surface area (Å²) in [6, 6.07) is -0.0410. The molecule has 1 aliphatic carbocycles. The molecule has 0 bridgehead atoms. The van der Waals surface area contributed by atoms with Crippen LogP contribution in [0.2, 0.25) is 0 Å². The summed E-state index contributed by atoms with van der Waals surface area (Å²) >= 11 is 0. The van der Waals surface area contributed by atoms with Crippen LogP contribution in [0, 0.1) is 12.8 Å². The van der Waals surface area contributed by atoms with Gasteiger partial charge in [0.15, 0.2) is 0 Å². The first-order valence-electron chi connectivity index (χ1n) is 7.53. The standard InChI is InChI=1S/C15H23N3O4/c1-9-8-18(15(22)17(3)14(9)21)12-5-4-10(7-13(19)20)6-11(12)16-2/h8,10-12,16H,4-7H2,1-3H3,(H,19,20)/t10-,11+,12-/m1/s1. The van der Waals surface area contributed by atoms with Crippen molar-refractivity contribution in [2.24, 2.45) is 13.0 Å². The van der Waals surface area contributed by atoms with Crippen LogP contribution in [0.1, 0.15) is 37.3 Å². The van der Waals surface area contributed by atoms with Crippen LogP contribution in [-0.2, 0) is 11.8 Å². The van der Waals surface area contributed by atoms with Gasteiger partial charge in [-0.15, -0.1) is 0 Å². The molecule has 1 aliphatic rings. The molecular weight excluding hydrogens is 286 g/mol. The molecule has 1 aromatic rings. The van der Waals surface area contributed by atoms with Gasteiger partial charge in [0.25, 0.3) is 5.56 Å². The second-order valence-corrected chi connectivity index (χ2v) is 6.11. The Bertz CT molecular complexity index is 676. The molecule has 3 atom stereocenters. The van der Waals surface area contributed by atoms with Crippen LogP contribution in [0.5, 0.6) is 0 Å². The van der Waals surface area contributed by atoms with Gasteiger partial charge in [0.2, 0.25) is 0 Å². The predicted molar refractivity (Wildman–Crippen MR) is 82.2 cm³/mol. The number of hydrogen-bond donors (Lipinski definition) is 2. The average molecular weight is 309 g/mol. The van der Waals surface area contributed by atoms with Gasteiger partial charge in [0, 0.05) is 31.3 Å². The zero-order valence-electron chi connectivity index (χ0n) is 13.2. The van der Waals surface area contributed by atoms with Crippen LogP contribution < -0.4 is 16.6 Å². The van der Waals surface area contributed by atoms with E-state index >= 15 is 0 Å². The molecule has 0 radical (unpaired) electrons. The fraction of sp³-hybridized carbons (Fsp3) is 0.667. The van der Waals surface area contributed by atoms with Gasteiger partial charge in [-0.3, -0.25) is 18.7 Å². The summed E-state index contributed by atoms with van der Waals surface area (Å²) < 4.78 is 2.75. The summed E-state index contributed by atoms with van der Waals surface area (Å²) in [7, 11) is 3.30. The first-order chi connectivity index (χ1) is 10.3. The van der Waals surface area contributed by atoms with Gasteiger partial charge >= 0.3 is 11.7 Å². The first-order valence-corrected chi connectivity index (χ1v) is 7.53. The topological polar surface area (TPSA) is 93.3 Å². The monoisotopic (exact) mass is 309 g/mol. The Morgan fingerprint density at radius 3 is 2.68 bits per heavy atom. The SMILES string of the molecule is CN[C@H]1C[C@H](CC(=O)O)CC[C@H]1n1cc(C)c(=O)n(C)c1=O. The zero-order valence-corrected chi connectivity index (χ0v) is 13.2. The number of nitrogens with one attached hydrogen (secondary N) is 1. The highest BCUT2D eigenvalue weighted by Gasteiger charge is 2.32. The molecule has 0 unspecified atom stereocenters. The molecule has 7 nitrogen and oxygen atoms in total. The molecule has 2 rings (SSSR count). The van der Waals surface area contributed by atoms with Gasteiger partial charge in [0.1, 0.15) is 0 Å². The van der Waals surface area contributed by atoms with Crippen molar-refractivity contribution in [3.8, 4) is 0 Å². The summed E-state index contributed by atoms with van der Waals surface area (Å²) in [4.78, 5) is 35.1. The van der Waals surface area contributed by atoms with Crippen molar-refractivity contribution in [3.05, 3.63) is 32.6 Å². The lowest BCUT2D eigenvalue weighted by Gasteiger charge is -2.36. The van der Waals surface area contributed by atoms with Crippen LogP contribution in [0.4, 0.5) is 0 Å². The molecular formula is C15H23N3O4. The van der Waals surface area contributed by atoms with Crippen LogP contribution in [-0.4, -0.2) is 33.3 Å². The van der Waals surface area contributed by atoms with Crippen LogP contribution >= 0.6 is 0 Å². The Kier molecular flexibility index (Phi) is 4.85. The van der Waals surface area contributed by atoms with Crippen molar-refractivity contribution in [1.29, 1.82) is 0 Å². The van der Waals surface area contributed by atoms with Gasteiger partial charge in [-0.2, -0.15) is 0 Å². The number of nitrogens with zero attached hydrogens (tertiary/aromatic N) is 2. The van der Waals surface area contributed by atoms with E-state index in [1.165, 1.54) is 7.05 Å². The second-order valence-electron chi connectivity index (χ2n) is 6.11. The van der Waals surface area contributed by atoms with Crippen molar-refractivity contribution >= 4 is 5.97 Å². The minimum atomic E-state index is -0.784. The summed E-state index contributed by atoms with van der Waals surface area (Å²) in [5.74, 6) is -0.663. The summed E-state index contributed by atoms with van der Waals surface area (Å²) in [6.07, 6.45) is 3.98. The summed E-state index contributed by atoms with van der Waals surface area (Å²) in [5.41, 5.74) is -0.0658. The zero-order chi connectivity index (χ0) is 16.4. The van der Waals surface area contributed by atoms with Crippen molar-refractivity contribution in [2.45, 2.75) is 44.7 Å². The lowest BCUT2D eigenvalue weighted by atomic mass is 9.80. The highest BCUT2D eigenvalue weighted by Crippen LogP contribution is 2.33. The van der Waals surface area contributed by atoms with E-state index in [2.05, 4.69) is 5.32 Å². The van der Waals surface area contributed by atoms with Crippen molar-refractivity contribution in [3.63, 3.8) is 0 Å². The summed E-state index contributed by atoms with van der Waals surface area (Å²) in [6.45, 7) is 1.70. The maximum Gasteiger partial charge on any atom is 0.331 e. The van der Waals surface area contributed by atoms with E-state index in [-0.39, 0.29) is 35.7 Å². The summed E-state index contributed by atoms with van der Waals surface area (Å²) in [5, 5.41) is 12.1. The number of hydrogen-bond acceptors (Lipinski definition) is 4. The number of likely N-dealkylation sites (N-methyl/N-ethyl adjacent to an activating group) is 1. The Morgan fingerprint density at radius 1 is 1.41 bits per heavy atom. The van der Waals surface area contributed by atoms with Crippen molar-refractivity contribution in [1.82, 2.24) is 14.5 Å². The Labute approximate surface area is 128 Å². The molecule has 1 fully saturated rings. The number of carbonyl (C=O) groups is 1. The second kappa shape index (κ2) is 6.48.